The topological polar surface area (TPSA) is 39.2 Å². The lowest BCUT2D eigenvalue weighted by atomic mass is 10.0. The number of carbonyl (C=O) groups excluding carboxylic acids is 1. The molecule has 0 aliphatic carbocycles. The molecule has 1 heterocycles. The van der Waals surface area contributed by atoms with Gasteiger partial charge in [-0.3, -0.25) is 9.78 Å². The largest absolute Gasteiger partial charge is 0.496 e. The summed E-state index contributed by atoms with van der Waals surface area (Å²) in [6.45, 7) is 3.73. The van der Waals surface area contributed by atoms with Gasteiger partial charge in [0.1, 0.15) is 11.6 Å². The summed E-state index contributed by atoms with van der Waals surface area (Å²) in [5.74, 6) is -0.142. The van der Waals surface area contributed by atoms with Gasteiger partial charge in [-0.05, 0) is 41.9 Å². The van der Waals surface area contributed by atoms with Crippen LogP contribution in [0.4, 0.5) is 4.39 Å². The molecule has 21 heavy (non-hydrogen) atoms. The van der Waals surface area contributed by atoms with Crippen molar-refractivity contribution in [2.24, 2.45) is 0 Å². The smallest absolute Gasteiger partial charge is 0.171 e. The third-order valence-electron chi connectivity index (χ3n) is 3.33. The van der Waals surface area contributed by atoms with E-state index in [1.807, 2.05) is 13.8 Å². The Kier molecular flexibility index (Phi) is 4.73. The van der Waals surface area contributed by atoms with E-state index in [2.05, 4.69) is 20.9 Å². The van der Waals surface area contributed by atoms with E-state index in [1.54, 1.807) is 25.4 Å². The molecule has 0 fully saturated rings. The van der Waals surface area contributed by atoms with Crippen molar-refractivity contribution in [2.45, 2.75) is 20.3 Å². The van der Waals surface area contributed by atoms with Crippen LogP contribution in [0.25, 0.3) is 0 Å². The predicted molar refractivity (Wildman–Crippen MR) is 82.4 cm³/mol. The molecule has 0 saturated carbocycles. The molecule has 2 rings (SSSR count). The van der Waals surface area contributed by atoms with Crippen LogP contribution in [-0.4, -0.2) is 17.9 Å². The molecule has 0 bridgehead atoms. The number of hydrogen-bond acceptors (Lipinski definition) is 3. The molecule has 3 nitrogen and oxygen atoms in total. The first-order valence-corrected chi connectivity index (χ1v) is 7.21. The Balaban J connectivity index is 2.34. The van der Waals surface area contributed by atoms with E-state index < -0.39 is 5.82 Å². The zero-order valence-electron chi connectivity index (χ0n) is 12.0. The summed E-state index contributed by atoms with van der Waals surface area (Å²) in [7, 11) is 1.58. The summed E-state index contributed by atoms with van der Waals surface area (Å²) >= 11 is 3.08. The third-order valence-corrected chi connectivity index (χ3v) is 3.94. The van der Waals surface area contributed by atoms with Crippen molar-refractivity contribution < 1.29 is 13.9 Å². The fourth-order valence-corrected chi connectivity index (χ4v) is 2.58. The van der Waals surface area contributed by atoms with Gasteiger partial charge >= 0.3 is 0 Å². The molecule has 0 unspecified atom stereocenters. The van der Waals surface area contributed by atoms with Crippen LogP contribution in [0.3, 0.4) is 0 Å². The number of aromatic nitrogens is 1. The zero-order valence-corrected chi connectivity index (χ0v) is 13.6. The van der Waals surface area contributed by atoms with Crippen LogP contribution in [0.5, 0.6) is 5.75 Å². The van der Waals surface area contributed by atoms with Gasteiger partial charge in [0.15, 0.2) is 5.78 Å². The molecule has 1 aromatic carbocycles. The zero-order chi connectivity index (χ0) is 15.6. The lowest BCUT2D eigenvalue weighted by Crippen LogP contribution is -2.10. The summed E-state index contributed by atoms with van der Waals surface area (Å²) in [4.78, 5) is 16.6. The molecule has 0 amide bonds. The van der Waals surface area contributed by atoms with Gasteiger partial charge in [-0.2, -0.15) is 0 Å². The Hall–Kier alpha value is -1.75. The van der Waals surface area contributed by atoms with Crippen LogP contribution in [0.1, 0.15) is 27.2 Å². The maximum atomic E-state index is 14.0. The van der Waals surface area contributed by atoms with E-state index in [1.165, 1.54) is 6.07 Å². The number of methoxy groups -OCH3 is 1. The van der Waals surface area contributed by atoms with E-state index in [-0.39, 0.29) is 22.2 Å². The molecule has 0 saturated heterocycles. The van der Waals surface area contributed by atoms with E-state index in [0.29, 0.717) is 11.4 Å². The lowest BCUT2D eigenvalue weighted by Gasteiger charge is -2.12. The number of ketones is 1. The number of aryl methyl sites for hydroxylation is 1. The maximum Gasteiger partial charge on any atom is 0.171 e. The van der Waals surface area contributed by atoms with Gasteiger partial charge in [-0.1, -0.05) is 6.07 Å². The number of hydrogen-bond donors (Lipinski definition) is 0. The monoisotopic (exact) mass is 351 g/mol. The van der Waals surface area contributed by atoms with Gasteiger partial charge < -0.3 is 4.74 Å². The SMILES string of the molecule is COc1c(C)cnc(CC(=O)c2cccc(Br)c2F)c1C. The molecule has 5 heteroatoms. The molecule has 0 N–H and O–H groups in total. The van der Waals surface area contributed by atoms with Gasteiger partial charge in [0.25, 0.3) is 0 Å². The molecule has 110 valence electrons. The van der Waals surface area contributed by atoms with Gasteiger partial charge in [-0.15, -0.1) is 0 Å². The Morgan fingerprint density at radius 2 is 2.10 bits per heavy atom. The van der Waals surface area contributed by atoms with Crippen molar-refractivity contribution in [1.82, 2.24) is 4.98 Å². The minimum absolute atomic E-state index is 0.0375. The second-order valence-electron chi connectivity index (χ2n) is 4.75. The molecular formula is C16H15BrFNO2. The van der Waals surface area contributed by atoms with Crippen molar-refractivity contribution in [1.29, 1.82) is 0 Å². The van der Waals surface area contributed by atoms with Crippen LogP contribution in [-0.2, 0) is 6.42 Å². The number of benzene rings is 1. The van der Waals surface area contributed by atoms with Crippen LogP contribution < -0.4 is 4.74 Å². The van der Waals surface area contributed by atoms with E-state index in [9.17, 15) is 9.18 Å². The van der Waals surface area contributed by atoms with Crippen LogP contribution in [0, 0.1) is 19.7 Å². The molecule has 1 aromatic heterocycles. The number of rotatable bonds is 4. The predicted octanol–water partition coefficient (Wildman–Crippen LogP) is 4.03. The first-order valence-electron chi connectivity index (χ1n) is 6.42. The summed E-state index contributed by atoms with van der Waals surface area (Å²) < 4.78 is 19.5. The van der Waals surface area contributed by atoms with E-state index in [0.717, 1.165) is 11.1 Å². The highest BCUT2D eigenvalue weighted by atomic mass is 79.9. The molecule has 0 aliphatic heterocycles. The maximum absolute atomic E-state index is 14.0. The Morgan fingerprint density at radius 1 is 1.38 bits per heavy atom. The van der Waals surface area contributed by atoms with E-state index in [4.69, 9.17) is 4.74 Å². The first-order chi connectivity index (χ1) is 9.95. The minimum Gasteiger partial charge on any atom is -0.496 e. The fraction of sp³-hybridized carbons (Fsp3) is 0.250. The summed E-state index contributed by atoms with van der Waals surface area (Å²) in [6.07, 6.45) is 1.70. The van der Waals surface area contributed by atoms with Gasteiger partial charge in [0, 0.05) is 17.3 Å². The summed E-state index contributed by atoms with van der Waals surface area (Å²) in [5.41, 5.74) is 2.37. The fourth-order valence-electron chi connectivity index (χ4n) is 2.22. The lowest BCUT2D eigenvalue weighted by molar-refractivity contribution is 0.0987. The number of Topliss-reactive ketones (excluding diaryl/α,β-unsaturated/α-hetero) is 1. The first kappa shape index (κ1) is 15.6. The number of carbonyl (C=O) groups is 1. The second kappa shape index (κ2) is 6.35. The van der Waals surface area contributed by atoms with Crippen molar-refractivity contribution in [3.05, 3.63) is 57.1 Å². The summed E-state index contributed by atoms with van der Waals surface area (Å²) in [5, 5.41) is 0. The Bertz CT molecular complexity index is 701. The minimum atomic E-state index is -0.542. The van der Waals surface area contributed by atoms with Gasteiger partial charge in [0.2, 0.25) is 0 Å². The number of pyridine rings is 1. The molecule has 0 aliphatic rings. The number of ether oxygens (including phenoxy) is 1. The van der Waals surface area contributed by atoms with Crippen LogP contribution in [0.15, 0.2) is 28.9 Å². The van der Waals surface area contributed by atoms with Crippen LogP contribution in [0.2, 0.25) is 0 Å². The second-order valence-corrected chi connectivity index (χ2v) is 5.60. The molecule has 0 atom stereocenters. The number of nitrogens with zero attached hydrogens (tertiary/aromatic N) is 1. The molecular weight excluding hydrogens is 337 g/mol. The Morgan fingerprint density at radius 3 is 2.76 bits per heavy atom. The normalized spacial score (nSPS) is 10.5. The van der Waals surface area contributed by atoms with Gasteiger partial charge in [-0.25, -0.2) is 4.39 Å². The van der Waals surface area contributed by atoms with Crippen molar-refractivity contribution in [2.75, 3.05) is 7.11 Å². The molecule has 2 aromatic rings. The van der Waals surface area contributed by atoms with E-state index >= 15 is 0 Å². The van der Waals surface area contributed by atoms with Crippen LogP contribution >= 0.6 is 15.9 Å². The summed E-state index contributed by atoms with van der Waals surface area (Å²) in [6, 6.07) is 4.67. The molecule has 0 spiro atoms. The van der Waals surface area contributed by atoms with Crippen molar-refractivity contribution in [3.8, 4) is 5.75 Å². The highest BCUT2D eigenvalue weighted by molar-refractivity contribution is 9.10. The van der Waals surface area contributed by atoms with Crippen molar-refractivity contribution >= 4 is 21.7 Å². The quantitative estimate of drug-likeness (QED) is 0.780. The average Bonchev–Trinajstić information content (AvgIpc) is 2.45. The van der Waals surface area contributed by atoms with Crippen molar-refractivity contribution in [3.63, 3.8) is 0 Å². The highest BCUT2D eigenvalue weighted by Crippen LogP contribution is 2.25. The highest BCUT2D eigenvalue weighted by Gasteiger charge is 2.17. The standard InChI is InChI=1S/C16H15BrFNO2/c1-9-8-19-13(10(2)16(9)21-3)7-14(20)11-5-4-6-12(17)15(11)18/h4-6,8H,7H2,1-3H3. The molecule has 0 radical (unpaired) electrons. The average molecular weight is 352 g/mol. The van der Waals surface area contributed by atoms with Gasteiger partial charge in [0.05, 0.1) is 29.3 Å². The number of halogens is 2. The Labute approximate surface area is 131 Å². The third kappa shape index (κ3) is 3.13.